The fourth-order valence-electron chi connectivity index (χ4n) is 2.89. The number of carbonyl (C=O) groups is 1. The van der Waals surface area contributed by atoms with Crippen LogP contribution in [-0.2, 0) is 4.79 Å². The van der Waals surface area contributed by atoms with Crippen LogP contribution in [0.1, 0.15) is 25.7 Å². The highest BCUT2D eigenvalue weighted by Crippen LogP contribution is 2.28. The molecule has 2 unspecified atom stereocenters. The zero-order chi connectivity index (χ0) is 12.8. The molecule has 1 heterocycles. The lowest BCUT2D eigenvalue weighted by molar-refractivity contribution is -0.122. The molecular formula is C13H25N3OS. The Balaban J connectivity index is 1.73. The van der Waals surface area contributed by atoms with E-state index in [9.17, 15) is 4.79 Å². The van der Waals surface area contributed by atoms with Gasteiger partial charge in [0.2, 0.25) is 5.91 Å². The van der Waals surface area contributed by atoms with Crippen molar-refractivity contribution in [1.82, 2.24) is 15.5 Å². The number of thioether (sulfide) groups is 1. The summed E-state index contributed by atoms with van der Waals surface area (Å²) in [5, 5.41) is 7.21. The molecule has 1 saturated heterocycles. The van der Waals surface area contributed by atoms with E-state index >= 15 is 0 Å². The Hall–Kier alpha value is -0.260. The first-order valence-corrected chi connectivity index (χ1v) is 8.33. The Kier molecular flexibility index (Phi) is 5.79. The molecule has 2 aliphatic rings. The Labute approximate surface area is 114 Å². The standard InChI is InChI=1S/C13H25N3OS/c1-18-12-5-2-4-11(12)15-13(17)10-16-8-3-6-14-7-9-16/h11-12,14H,2-10H2,1H3,(H,15,17). The van der Waals surface area contributed by atoms with E-state index in [1.165, 1.54) is 12.8 Å². The summed E-state index contributed by atoms with van der Waals surface area (Å²) in [4.78, 5) is 14.3. The zero-order valence-electron chi connectivity index (χ0n) is 11.3. The van der Waals surface area contributed by atoms with E-state index < -0.39 is 0 Å². The lowest BCUT2D eigenvalue weighted by Gasteiger charge is -2.23. The second kappa shape index (κ2) is 7.36. The molecule has 0 aromatic rings. The average molecular weight is 271 g/mol. The van der Waals surface area contributed by atoms with E-state index in [4.69, 9.17) is 0 Å². The Morgan fingerprint density at radius 2 is 2.22 bits per heavy atom. The third-order valence-corrected chi connectivity index (χ3v) is 5.07. The largest absolute Gasteiger partial charge is 0.351 e. The van der Waals surface area contributed by atoms with Crippen LogP contribution in [0.3, 0.4) is 0 Å². The van der Waals surface area contributed by atoms with Gasteiger partial charge in [0.25, 0.3) is 0 Å². The number of rotatable bonds is 4. The maximum atomic E-state index is 12.1. The fourth-order valence-corrected chi connectivity index (χ4v) is 3.82. The van der Waals surface area contributed by atoms with Gasteiger partial charge in [0.1, 0.15) is 0 Å². The first kappa shape index (κ1) is 14.2. The van der Waals surface area contributed by atoms with Crippen molar-refractivity contribution < 1.29 is 4.79 Å². The van der Waals surface area contributed by atoms with Gasteiger partial charge in [-0.15, -0.1) is 0 Å². The summed E-state index contributed by atoms with van der Waals surface area (Å²) in [6.45, 7) is 4.68. The SMILES string of the molecule is CSC1CCCC1NC(=O)CN1CCCNCC1. The van der Waals surface area contributed by atoms with Gasteiger partial charge in [-0.25, -0.2) is 0 Å². The zero-order valence-corrected chi connectivity index (χ0v) is 12.1. The molecular weight excluding hydrogens is 246 g/mol. The Morgan fingerprint density at radius 3 is 3.06 bits per heavy atom. The Morgan fingerprint density at radius 1 is 1.33 bits per heavy atom. The van der Waals surface area contributed by atoms with Crippen molar-refractivity contribution in [2.75, 3.05) is 39.0 Å². The smallest absolute Gasteiger partial charge is 0.234 e. The summed E-state index contributed by atoms with van der Waals surface area (Å²) in [6, 6.07) is 0.401. The number of carbonyl (C=O) groups excluding carboxylic acids is 1. The lowest BCUT2D eigenvalue weighted by atomic mass is 10.2. The summed E-state index contributed by atoms with van der Waals surface area (Å²) in [6.07, 6.45) is 6.95. The Bertz CT molecular complexity index is 267. The molecule has 4 nitrogen and oxygen atoms in total. The van der Waals surface area contributed by atoms with Crippen LogP contribution >= 0.6 is 11.8 Å². The van der Waals surface area contributed by atoms with Crippen molar-refractivity contribution in [3.8, 4) is 0 Å². The summed E-state index contributed by atoms with van der Waals surface area (Å²) in [5.41, 5.74) is 0. The number of nitrogens with zero attached hydrogens (tertiary/aromatic N) is 1. The molecule has 2 N–H and O–H groups in total. The van der Waals surface area contributed by atoms with Gasteiger partial charge in [-0.2, -0.15) is 11.8 Å². The topological polar surface area (TPSA) is 44.4 Å². The molecule has 2 atom stereocenters. The van der Waals surface area contributed by atoms with E-state index in [1.54, 1.807) is 0 Å². The predicted octanol–water partition coefficient (Wildman–Crippen LogP) is 0.682. The third-order valence-electron chi connectivity index (χ3n) is 3.90. The summed E-state index contributed by atoms with van der Waals surface area (Å²) >= 11 is 1.89. The number of amides is 1. The molecule has 1 saturated carbocycles. The molecule has 2 fully saturated rings. The van der Waals surface area contributed by atoms with Crippen LogP contribution in [0.5, 0.6) is 0 Å². The van der Waals surface area contributed by atoms with Gasteiger partial charge in [-0.1, -0.05) is 6.42 Å². The minimum absolute atomic E-state index is 0.211. The molecule has 2 rings (SSSR count). The van der Waals surface area contributed by atoms with Gasteiger partial charge in [-0.3, -0.25) is 9.69 Å². The minimum atomic E-state index is 0.211. The van der Waals surface area contributed by atoms with Crippen LogP contribution in [0.4, 0.5) is 0 Å². The van der Waals surface area contributed by atoms with Crippen LogP contribution in [-0.4, -0.2) is 61.1 Å². The highest BCUT2D eigenvalue weighted by Gasteiger charge is 2.28. The average Bonchev–Trinajstić information content (AvgIpc) is 2.64. The van der Waals surface area contributed by atoms with Crippen molar-refractivity contribution in [3.05, 3.63) is 0 Å². The quantitative estimate of drug-likeness (QED) is 0.789. The van der Waals surface area contributed by atoms with Gasteiger partial charge in [0, 0.05) is 24.4 Å². The van der Waals surface area contributed by atoms with E-state index in [0.29, 0.717) is 17.8 Å². The number of nitrogens with one attached hydrogen (secondary N) is 2. The highest BCUT2D eigenvalue weighted by molar-refractivity contribution is 7.99. The molecule has 1 aliphatic heterocycles. The molecule has 0 aromatic heterocycles. The van der Waals surface area contributed by atoms with Crippen LogP contribution in [0.25, 0.3) is 0 Å². The van der Waals surface area contributed by atoms with Crippen molar-refractivity contribution in [3.63, 3.8) is 0 Å². The van der Waals surface area contributed by atoms with Crippen LogP contribution in [0, 0.1) is 0 Å². The van der Waals surface area contributed by atoms with Crippen LogP contribution in [0.2, 0.25) is 0 Å². The van der Waals surface area contributed by atoms with Crippen molar-refractivity contribution >= 4 is 17.7 Å². The van der Waals surface area contributed by atoms with E-state index in [1.807, 2.05) is 11.8 Å². The van der Waals surface area contributed by atoms with Crippen LogP contribution in [0.15, 0.2) is 0 Å². The molecule has 1 aliphatic carbocycles. The lowest BCUT2D eigenvalue weighted by Crippen LogP contribution is -2.45. The van der Waals surface area contributed by atoms with Crippen molar-refractivity contribution in [1.29, 1.82) is 0 Å². The monoisotopic (exact) mass is 271 g/mol. The summed E-state index contributed by atoms with van der Waals surface area (Å²) < 4.78 is 0. The predicted molar refractivity (Wildman–Crippen MR) is 77.0 cm³/mol. The maximum absolute atomic E-state index is 12.1. The first-order chi connectivity index (χ1) is 8.79. The van der Waals surface area contributed by atoms with E-state index in [2.05, 4.69) is 21.8 Å². The molecule has 18 heavy (non-hydrogen) atoms. The molecule has 1 amide bonds. The molecule has 104 valence electrons. The molecule has 0 spiro atoms. The van der Waals surface area contributed by atoms with Gasteiger partial charge in [-0.05, 0) is 38.6 Å². The van der Waals surface area contributed by atoms with Gasteiger partial charge in [0.05, 0.1) is 6.54 Å². The minimum Gasteiger partial charge on any atom is -0.351 e. The van der Waals surface area contributed by atoms with Gasteiger partial charge < -0.3 is 10.6 Å². The first-order valence-electron chi connectivity index (χ1n) is 7.05. The summed E-state index contributed by atoms with van der Waals surface area (Å²) in [5.74, 6) is 0.211. The maximum Gasteiger partial charge on any atom is 0.234 e. The van der Waals surface area contributed by atoms with Gasteiger partial charge in [0.15, 0.2) is 0 Å². The fraction of sp³-hybridized carbons (Fsp3) is 0.923. The second-order valence-corrected chi connectivity index (χ2v) is 6.34. The third kappa shape index (κ3) is 4.14. The number of hydrogen-bond donors (Lipinski definition) is 2. The highest BCUT2D eigenvalue weighted by atomic mass is 32.2. The number of hydrogen-bond acceptors (Lipinski definition) is 4. The van der Waals surface area contributed by atoms with E-state index in [0.717, 1.165) is 39.0 Å². The molecule has 0 radical (unpaired) electrons. The molecule has 0 bridgehead atoms. The second-order valence-electron chi connectivity index (χ2n) is 5.26. The van der Waals surface area contributed by atoms with Crippen molar-refractivity contribution in [2.45, 2.75) is 37.0 Å². The van der Waals surface area contributed by atoms with Crippen LogP contribution < -0.4 is 10.6 Å². The molecule has 5 heteroatoms. The van der Waals surface area contributed by atoms with Gasteiger partial charge >= 0.3 is 0 Å². The van der Waals surface area contributed by atoms with E-state index in [-0.39, 0.29) is 5.91 Å². The summed E-state index contributed by atoms with van der Waals surface area (Å²) in [7, 11) is 0. The normalized spacial score (nSPS) is 30.1. The van der Waals surface area contributed by atoms with Crippen molar-refractivity contribution in [2.24, 2.45) is 0 Å². The molecule has 0 aromatic carbocycles.